The van der Waals surface area contributed by atoms with Gasteiger partial charge in [-0.05, 0) is 36.5 Å². The Bertz CT molecular complexity index is 764. The first kappa shape index (κ1) is 14.6. The number of rotatable bonds is 2. The fourth-order valence-electron chi connectivity index (χ4n) is 3.74. The molecule has 1 saturated carbocycles. The highest BCUT2D eigenvalue weighted by atomic mass is 32.2. The maximum absolute atomic E-state index is 14.3. The number of hydrogen-bond acceptors (Lipinski definition) is 5. The summed E-state index contributed by atoms with van der Waals surface area (Å²) < 4.78 is 14.3. The zero-order valence-corrected chi connectivity index (χ0v) is 13.4. The van der Waals surface area contributed by atoms with Crippen LogP contribution in [0.1, 0.15) is 24.8 Å². The summed E-state index contributed by atoms with van der Waals surface area (Å²) in [6.07, 6.45) is 7.95. The molecule has 118 valence electrons. The van der Waals surface area contributed by atoms with Gasteiger partial charge in [0.1, 0.15) is 12.1 Å². The van der Waals surface area contributed by atoms with E-state index in [1.165, 1.54) is 12.4 Å². The topological polar surface area (TPSA) is 64.2 Å². The third-order valence-corrected chi connectivity index (χ3v) is 5.82. The molecule has 6 heteroatoms. The van der Waals surface area contributed by atoms with Gasteiger partial charge in [0.25, 0.3) is 0 Å². The normalized spacial score (nSPS) is 26.7. The molecule has 0 amide bonds. The van der Waals surface area contributed by atoms with Crippen LogP contribution in [0.3, 0.4) is 0 Å². The van der Waals surface area contributed by atoms with Crippen molar-refractivity contribution in [2.75, 3.05) is 5.75 Å². The lowest BCUT2D eigenvalue weighted by molar-refractivity contribution is 0.355. The Kier molecular flexibility index (Phi) is 3.56. The molecule has 2 aromatic rings. The van der Waals surface area contributed by atoms with E-state index in [4.69, 9.17) is 10.7 Å². The van der Waals surface area contributed by atoms with Gasteiger partial charge >= 0.3 is 0 Å². The number of aliphatic imine (C=N–C) groups is 1. The van der Waals surface area contributed by atoms with Crippen LogP contribution in [-0.2, 0) is 5.54 Å². The van der Waals surface area contributed by atoms with E-state index < -0.39 is 0 Å². The predicted molar refractivity (Wildman–Crippen MR) is 90.5 cm³/mol. The summed E-state index contributed by atoms with van der Waals surface area (Å²) in [5, 5.41) is 0.636. The van der Waals surface area contributed by atoms with Gasteiger partial charge in [0, 0.05) is 29.3 Å². The fraction of sp³-hybridized carbons (Fsp3) is 0.353. The Hall–Kier alpha value is -1.95. The van der Waals surface area contributed by atoms with Crippen LogP contribution in [0.25, 0.3) is 11.1 Å². The second kappa shape index (κ2) is 5.60. The van der Waals surface area contributed by atoms with E-state index >= 15 is 0 Å². The van der Waals surface area contributed by atoms with Crippen LogP contribution >= 0.6 is 11.8 Å². The van der Waals surface area contributed by atoms with Crippen LogP contribution < -0.4 is 5.73 Å². The largest absolute Gasteiger partial charge is 0.379 e. The maximum atomic E-state index is 14.3. The van der Waals surface area contributed by atoms with Crippen molar-refractivity contribution in [3.63, 3.8) is 0 Å². The van der Waals surface area contributed by atoms with Gasteiger partial charge in [-0.1, -0.05) is 24.2 Å². The molecule has 4 rings (SSSR count). The molecule has 1 aromatic heterocycles. The molecule has 1 fully saturated rings. The molecule has 23 heavy (non-hydrogen) atoms. The van der Waals surface area contributed by atoms with Crippen LogP contribution in [0, 0.1) is 11.7 Å². The lowest BCUT2D eigenvalue weighted by Crippen LogP contribution is -2.36. The van der Waals surface area contributed by atoms with Crippen LogP contribution in [0.2, 0.25) is 0 Å². The summed E-state index contributed by atoms with van der Waals surface area (Å²) in [7, 11) is 0. The van der Waals surface area contributed by atoms with Gasteiger partial charge in [-0.15, -0.1) is 0 Å². The molecule has 2 atom stereocenters. The Morgan fingerprint density at radius 1 is 1.26 bits per heavy atom. The Balaban J connectivity index is 1.85. The van der Waals surface area contributed by atoms with Crippen molar-refractivity contribution in [3.8, 4) is 11.1 Å². The quantitative estimate of drug-likeness (QED) is 0.918. The number of aromatic nitrogens is 2. The predicted octanol–water partition coefficient (Wildman–Crippen LogP) is 3.34. The van der Waals surface area contributed by atoms with E-state index in [2.05, 4.69) is 9.97 Å². The number of amidine groups is 1. The molecule has 1 aliphatic carbocycles. The zero-order valence-electron chi connectivity index (χ0n) is 12.6. The van der Waals surface area contributed by atoms with Gasteiger partial charge in [-0.2, -0.15) is 0 Å². The van der Waals surface area contributed by atoms with Gasteiger partial charge in [0.2, 0.25) is 0 Å². The first-order valence-electron chi connectivity index (χ1n) is 7.72. The molecule has 4 nitrogen and oxygen atoms in total. The monoisotopic (exact) mass is 328 g/mol. The van der Waals surface area contributed by atoms with Gasteiger partial charge in [0.15, 0.2) is 5.17 Å². The average molecular weight is 328 g/mol. The maximum Gasteiger partial charge on any atom is 0.154 e. The van der Waals surface area contributed by atoms with E-state index in [0.29, 0.717) is 22.2 Å². The number of nitrogens with zero attached hydrogens (tertiary/aromatic N) is 3. The van der Waals surface area contributed by atoms with Crippen LogP contribution in [0.4, 0.5) is 4.39 Å². The first-order chi connectivity index (χ1) is 11.2. The van der Waals surface area contributed by atoms with Crippen molar-refractivity contribution in [2.24, 2.45) is 16.6 Å². The Labute approximate surface area is 138 Å². The lowest BCUT2D eigenvalue weighted by atomic mass is 9.80. The molecule has 2 N–H and O–H groups in total. The first-order valence-corrected chi connectivity index (χ1v) is 8.71. The molecular weight excluding hydrogens is 311 g/mol. The molecule has 2 heterocycles. The second-order valence-corrected chi connectivity index (χ2v) is 7.14. The Morgan fingerprint density at radius 3 is 2.91 bits per heavy atom. The molecule has 1 aromatic carbocycles. The zero-order chi connectivity index (χ0) is 15.9. The minimum atomic E-state index is -0.298. The van der Waals surface area contributed by atoms with Crippen LogP contribution in [0.15, 0.2) is 41.9 Å². The third-order valence-electron chi connectivity index (χ3n) is 4.87. The Morgan fingerprint density at radius 2 is 2.09 bits per heavy atom. The summed E-state index contributed by atoms with van der Waals surface area (Å²) in [5.41, 5.74) is 7.96. The van der Waals surface area contributed by atoms with Gasteiger partial charge in [0.05, 0.1) is 5.54 Å². The van der Waals surface area contributed by atoms with Crippen molar-refractivity contribution in [1.29, 1.82) is 0 Å². The number of hydrogen-bond donors (Lipinski definition) is 1. The van der Waals surface area contributed by atoms with E-state index in [1.54, 1.807) is 24.2 Å². The minimum Gasteiger partial charge on any atom is -0.379 e. The number of fused-ring (bicyclic) bond motifs is 1. The molecule has 0 radical (unpaired) electrons. The van der Waals surface area contributed by atoms with E-state index in [-0.39, 0.29) is 11.4 Å². The number of halogens is 1. The van der Waals surface area contributed by atoms with Crippen molar-refractivity contribution in [2.45, 2.75) is 24.8 Å². The van der Waals surface area contributed by atoms with E-state index in [0.717, 1.165) is 30.6 Å². The number of nitrogens with two attached hydrogens (primary N) is 1. The smallest absolute Gasteiger partial charge is 0.154 e. The molecule has 0 saturated heterocycles. The van der Waals surface area contributed by atoms with E-state index in [1.807, 2.05) is 12.1 Å². The highest BCUT2D eigenvalue weighted by molar-refractivity contribution is 8.13. The SMILES string of the molecule is NC1=N[C@@]2(c3ccc(F)c(-c4cncnc4)c3)CCC[C@H]2CS1. The summed E-state index contributed by atoms with van der Waals surface area (Å²) in [6, 6.07) is 5.28. The standard InChI is InChI=1S/C17H17FN4S/c18-15-4-3-12(6-14(15)11-7-20-10-21-8-11)17-5-1-2-13(17)9-23-16(19)22-17/h3-4,6-8,10,13H,1-2,5,9H2,(H2,19,22)/t13-,17+/m0/s1. The average Bonchev–Trinajstić information content (AvgIpc) is 3.00. The molecule has 0 unspecified atom stereocenters. The summed E-state index contributed by atoms with van der Waals surface area (Å²) >= 11 is 1.63. The molecule has 2 aliphatic rings. The number of thioether (sulfide) groups is 1. The van der Waals surface area contributed by atoms with Crippen LogP contribution in [-0.4, -0.2) is 20.9 Å². The molecule has 0 spiro atoms. The summed E-state index contributed by atoms with van der Waals surface area (Å²) in [4.78, 5) is 12.8. The van der Waals surface area contributed by atoms with Crippen molar-refractivity contribution >= 4 is 16.9 Å². The highest BCUT2D eigenvalue weighted by Gasteiger charge is 2.46. The lowest BCUT2D eigenvalue weighted by Gasteiger charge is -2.36. The van der Waals surface area contributed by atoms with Crippen molar-refractivity contribution in [1.82, 2.24) is 9.97 Å². The molecular formula is C17H17FN4S. The van der Waals surface area contributed by atoms with Crippen molar-refractivity contribution < 1.29 is 4.39 Å². The van der Waals surface area contributed by atoms with Crippen molar-refractivity contribution in [3.05, 3.63) is 48.3 Å². The summed E-state index contributed by atoms with van der Waals surface area (Å²) in [5.74, 6) is 1.18. The van der Waals surface area contributed by atoms with Crippen LogP contribution in [0.5, 0.6) is 0 Å². The molecule has 1 aliphatic heterocycles. The van der Waals surface area contributed by atoms with Gasteiger partial charge in [-0.3, -0.25) is 4.99 Å². The second-order valence-electron chi connectivity index (χ2n) is 6.10. The van der Waals surface area contributed by atoms with Gasteiger partial charge < -0.3 is 5.73 Å². The van der Waals surface area contributed by atoms with Gasteiger partial charge in [-0.25, -0.2) is 14.4 Å². The van der Waals surface area contributed by atoms with E-state index in [9.17, 15) is 4.39 Å². The molecule has 0 bridgehead atoms. The minimum absolute atomic E-state index is 0.267. The highest BCUT2D eigenvalue weighted by Crippen LogP contribution is 2.51. The number of benzene rings is 1. The fourth-order valence-corrected chi connectivity index (χ4v) is 4.78. The third kappa shape index (κ3) is 2.41. The summed E-state index contributed by atoms with van der Waals surface area (Å²) in [6.45, 7) is 0.